The van der Waals surface area contributed by atoms with Crippen molar-refractivity contribution in [3.05, 3.63) is 92.8 Å². The van der Waals surface area contributed by atoms with Gasteiger partial charge in [-0.15, -0.1) is 0 Å². The Bertz CT molecular complexity index is 1680. The fraction of sp³-hybridized carbons (Fsp3) is 0.522. The molecule has 0 aromatic heterocycles. The van der Waals surface area contributed by atoms with Gasteiger partial charge in [0.25, 0.3) is 0 Å². The van der Waals surface area contributed by atoms with Crippen LogP contribution in [0.5, 0.6) is 0 Å². The average Bonchev–Trinajstić information content (AvgIpc) is 3.07. The zero-order valence-electron chi connectivity index (χ0n) is 37.3. The predicted octanol–water partition coefficient (Wildman–Crippen LogP) is 12.5. The topological polar surface area (TPSA) is 40.6 Å². The van der Waals surface area contributed by atoms with Gasteiger partial charge in [0, 0.05) is 0 Å². The number of halogens is 4. The minimum absolute atomic E-state index is 0.135. The number of carbonyl (C=O) groups is 2. The maximum absolute atomic E-state index is 17.8. The fourth-order valence-electron chi connectivity index (χ4n) is 6.29. The van der Waals surface area contributed by atoms with Gasteiger partial charge in [-0.25, -0.2) is 0 Å². The molecule has 0 saturated carbocycles. The predicted molar refractivity (Wildman–Crippen MR) is 238 cm³/mol. The van der Waals surface area contributed by atoms with Gasteiger partial charge in [-0.05, 0) is 0 Å². The monoisotopic (exact) mass is 862 g/mol. The number of anilines is 2. The van der Waals surface area contributed by atoms with E-state index < -0.39 is 74.6 Å². The summed E-state index contributed by atoms with van der Waals surface area (Å²) in [5.74, 6) is -4.67. The van der Waals surface area contributed by atoms with Crippen LogP contribution in [0.15, 0.2) is 69.5 Å². The molecule has 2 aromatic carbocycles. The first-order chi connectivity index (χ1) is 26.2. The Kier molecular flexibility index (Phi) is 18.5. The van der Waals surface area contributed by atoms with E-state index in [1.807, 2.05) is 26.0 Å². The maximum atomic E-state index is 17.8. The molecule has 0 spiro atoms. The van der Waals surface area contributed by atoms with Gasteiger partial charge in [0.15, 0.2) is 0 Å². The van der Waals surface area contributed by atoms with Crippen LogP contribution in [-0.4, -0.2) is 41.1 Å². The Labute approximate surface area is 348 Å². The van der Waals surface area contributed by atoms with Crippen LogP contribution >= 0.6 is 0 Å². The molecule has 2 rings (SSSR count). The summed E-state index contributed by atoms with van der Waals surface area (Å²) in [5, 5.41) is 0. The van der Waals surface area contributed by atoms with Crippen LogP contribution in [0.1, 0.15) is 81.1 Å². The van der Waals surface area contributed by atoms with Crippen molar-refractivity contribution in [3.63, 3.8) is 0 Å². The number of hydrogen-bond acceptors (Lipinski definition) is 2. The van der Waals surface area contributed by atoms with Crippen LogP contribution in [0, 0.1) is 34.1 Å². The SMILES string of the molecule is CCCCN(C(=O)C(C)(C)C)c1ccc(F)[c]([Ti]([CH]=CC=CC[Si](C)(C)C)([CH]=CC=CC[Si](C)(C)C)[c]2c(F)ccc(N(CCCC)C(=O)C(C)(C)C)c2F)c1F. The minimum atomic E-state index is -5.31. The first-order valence-electron chi connectivity index (χ1n) is 20.5. The van der Waals surface area contributed by atoms with E-state index in [-0.39, 0.29) is 36.3 Å². The number of rotatable bonds is 18. The molecule has 0 fully saturated rings. The van der Waals surface area contributed by atoms with Crippen LogP contribution in [-0.2, 0) is 26.2 Å². The molecule has 0 unspecified atom stereocenters. The number of allylic oxidation sites excluding steroid dienone is 6. The van der Waals surface area contributed by atoms with Crippen LogP contribution in [0.2, 0.25) is 51.4 Å². The summed E-state index contributed by atoms with van der Waals surface area (Å²) < 4.78 is 71.7. The number of amides is 2. The van der Waals surface area contributed by atoms with Gasteiger partial charge in [-0.1, -0.05) is 0 Å². The van der Waals surface area contributed by atoms with Crippen molar-refractivity contribution in [3.8, 4) is 0 Å². The molecule has 2 amide bonds. The fourth-order valence-corrected chi connectivity index (χ4v) is 13.9. The summed E-state index contributed by atoms with van der Waals surface area (Å²) in [6.07, 6.45) is 13.4. The zero-order chi connectivity index (χ0) is 43.6. The molecule has 0 saturated heterocycles. The van der Waals surface area contributed by atoms with E-state index in [0.717, 1.165) is 37.1 Å². The average molecular weight is 863 g/mol. The third-order valence-corrected chi connectivity index (χ3v) is 18.6. The molecule has 316 valence electrons. The molecule has 57 heavy (non-hydrogen) atoms. The Morgan fingerprint density at radius 1 is 0.596 bits per heavy atom. The number of nitrogens with zero attached hydrogens (tertiary/aromatic N) is 2. The van der Waals surface area contributed by atoms with E-state index in [1.54, 1.807) is 74.6 Å². The number of benzene rings is 2. The molecule has 0 heterocycles. The molecule has 0 aliphatic rings. The van der Waals surface area contributed by atoms with E-state index >= 15 is 17.6 Å². The number of carbonyl (C=O) groups excluding carboxylic acids is 2. The van der Waals surface area contributed by atoms with Gasteiger partial charge in [0.1, 0.15) is 0 Å². The normalized spacial score (nSPS) is 13.5. The summed E-state index contributed by atoms with van der Waals surface area (Å²) in [6.45, 7) is 28.0. The van der Waals surface area contributed by atoms with Crippen molar-refractivity contribution in [2.45, 2.75) is 132 Å². The van der Waals surface area contributed by atoms with E-state index in [4.69, 9.17) is 0 Å². The molecule has 0 aliphatic heterocycles. The van der Waals surface area contributed by atoms with Crippen molar-refractivity contribution in [1.29, 1.82) is 0 Å². The van der Waals surface area contributed by atoms with Gasteiger partial charge < -0.3 is 0 Å². The zero-order valence-corrected chi connectivity index (χ0v) is 40.9. The first kappa shape index (κ1) is 50.4. The summed E-state index contributed by atoms with van der Waals surface area (Å²) in [5.41, 5.74) is -2.07. The van der Waals surface area contributed by atoms with Crippen LogP contribution in [0.3, 0.4) is 0 Å². The van der Waals surface area contributed by atoms with E-state index in [2.05, 4.69) is 39.3 Å². The van der Waals surface area contributed by atoms with Crippen molar-refractivity contribution >= 4 is 47.1 Å². The third-order valence-electron chi connectivity index (χ3n) is 9.47. The van der Waals surface area contributed by atoms with Crippen molar-refractivity contribution in [2.24, 2.45) is 10.8 Å². The molecule has 2 aromatic rings. The number of hydrogen-bond donors (Lipinski definition) is 0. The summed E-state index contributed by atoms with van der Waals surface area (Å²) in [4.78, 5) is 30.6. The first-order valence-corrected chi connectivity index (χ1v) is 31.3. The van der Waals surface area contributed by atoms with Crippen molar-refractivity contribution in [1.82, 2.24) is 0 Å². The summed E-state index contributed by atoms with van der Waals surface area (Å²) in [7, 11) is -3.04. The Morgan fingerprint density at radius 2 is 0.930 bits per heavy atom. The van der Waals surface area contributed by atoms with Crippen molar-refractivity contribution in [2.75, 3.05) is 22.9 Å². The van der Waals surface area contributed by atoms with Gasteiger partial charge in [0.2, 0.25) is 0 Å². The van der Waals surface area contributed by atoms with E-state index in [1.165, 1.54) is 21.9 Å². The standard InChI is InChI=1S/2C15H20F2NO.2C8H15Si.Ti/c2*1-5-6-9-18(14(19)15(2,3)4)13-8-7-11(16)10-12(13)17;2*1-5-6-7-8-9(2,3)4;/h2*7-8H,5-6,9H2,1-4H3;2*1,5-7H,8H2,2-4H3;. The molecule has 4 nitrogen and oxygen atoms in total. The van der Waals surface area contributed by atoms with Gasteiger partial charge in [-0.2, -0.15) is 0 Å². The van der Waals surface area contributed by atoms with Crippen molar-refractivity contribution < 1.29 is 43.7 Å². The second kappa shape index (κ2) is 20.9. The molecule has 0 N–H and O–H groups in total. The second-order valence-electron chi connectivity index (χ2n) is 19.6. The molecule has 0 aliphatic carbocycles. The Hall–Kier alpha value is -2.79. The molecular weight excluding hydrogens is 793 g/mol. The van der Waals surface area contributed by atoms with Crippen LogP contribution in [0.25, 0.3) is 0 Å². The summed E-state index contributed by atoms with van der Waals surface area (Å²) in [6, 6.07) is 6.39. The van der Waals surface area contributed by atoms with Gasteiger partial charge in [0.05, 0.1) is 0 Å². The Balaban J connectivity index is 3.34. The summed E-state index contributed by atoms with van der Waals surface area (Å²) >= 11 is -5.31. The van der Waals surface area contributed by atoms with Gasteiger partial charge >= 0.3 is 350 Å². The molecule has 0 bridgehead atoms. The van der Waals surface area contributed by atoms with E-state index in [9.17, 15) is 9.59 Å². The molecule has 0 radical (unpaired) electrons. The number of unbranched alkanes of at least 4 members (excludes halogenated alkanes) is 2. The van der Waals surface area contributed by atoms with Crippen LogP contribution in [0.4, 0.5) is 28.9 Å². The molecule has 0 atom stereocenters. The third kappa shape index (κ3) is 14.2. The van der Waals surface area contributed by atoms with E-state index in [0.29, 0.717) is 12.8 Å². The molecular formula is C46H70F4N2O2Si2Ti. The second-order valence-corrected chi connectivity index (χ2v) is 36.0. The van der Waals surface area contributed by atoms with Gasteiger partial charge in [-0.3, -0.25) is 0 Å². The Morgan fingerprint density at radius 3 is 1.21 bits per heavy atom. The quantitative estimate of drug-likeness (QED) is 0.0851. The van der Waals surface area contributed by atoms with Crippen LogP contribution < -0.4 is 17.5 Å². The molecule has 11 heteroatoms.